The van der Waals surface area contributed by atoms with Crippen molar-refractivity contribution < 1.29 is 19.0 Å². The van der Waals surface area contributed by atoms with Gasteiger partial charge >= 0.3 is 5.97 Å². The van der Waals surface area contributed by atoms with Gasteiger partial charge in [0.05, 0.1) is 19.1 Å². The Labute approximate surface area is 151 Å². The number of carbonyl (C=O) groups is 1. The van der Waals surface area contributed by atoms with E-state index in [1.54, 1.807) is 32.2 Å². The summed E-state index contributed by atoms with van der Waals surface area (Å²) >= 11 is 0. The number of H-pyrrole nitrogens is 1. The van der Waals surface area contributed by atoms with Gasteiger partial charge in [-0.1, -0.05) is 12.6 Å². The molecule has 2 aromatic rings. The van der Waals surface area contributed by atoms with Gasteiger partial charge in [-0.25, -0.2) is 0 Å². The number of fused-ring (bicyclic) bond motifs is 1. The summed E-state index contributed by atoms with van der Waals surface area (Å²) in [4.78, 5) is 27.3. The van der Waals surface area contributed by atoms with Gasteiger partial charge < -0.3 is 19.2 Å². The monoisotopic (exact) mass is 355 g/mol. The lowest BCUT2D eigenvalue weighted by molar-refractivity contribution is -0.135. The van der Waals surface area contributed by atoms with Crippen molar-refractivity contribution in [2.45, 2.75) is 26.2 Å². The topological polar surface area (TPSA) is 77.6 Å². The predicted octanol–water partition coefficient (Wildman–Crippen LogP) is 3.09. The van der Waals surface area contributed by atoms with Gasteiger partial charge in [-0.15, -0.1) is 0 Å². The van der Waals surface area contributed by atoms with Crippen LogP contribution in [-0.4, -0.2) is 24.7 Å². The lowest BCUT2D eigenvalue weighted by atomic mass is 9.87. The molecule has 0 aliphatic carbocycles. The smallest absolute Gasteiger partial charge is 0.312 e. The summed E-state index contributed by atoms with van der Waals surface area (Å²) in [5.41, 5.74) is 2.52. The number of aryl methyl sites for hydroxylation is 1. The highest BCUT2D eigenvalue weighted by atomic mass is 16.5. The summed E-state index contributed by atoms with van der Waals surface area (Å²) in [5.74, 6) is 0.659. The zero-order chi connectivity index (χ0) is 18.8. The lowest BCUT2D eigenvalue weighted by Crippen LogP contribution is -2.28. The first-order valence-corrected chi connectivity index (χ1v) is 8.28. The molecular weight excluding hydrogens is 334 g/mol. The van der Waals surface area contributed by atoms with Crippen LogP contribution in [0.2, 0.25) is 0 Å². The van der Waals surface area contributed by atoms with E-state index in [4.69, 9.17) is 14.2 Å². The summed E-state index contributed by atoms with van der Waals surface area (Å²) in [5, 5.41) is 0. The normalized spacial score (nSPS) is 15.8. The number of methoxy groups -OCH3 is 1. The second-order valence-corrected chi connectivity index (χ2v) is 6.45. The molecule has 1 aromatic heterocycles. The third-order valence-electron chi connectivity index (χ3n) is 4.18. The van der Waals surface area contributed by atoms with Crippen molar-refractivity contribution in [2.75, 3.05) is 13.7 Å². The third kappa shape index (κ3) is 3.49. The quantitative estimate of drug-likeness (QED) is 0.659. The minimum Gasteiger partial charge on any atom is -0.493 e. The summed E-state index contributed by atoms with van der Waals surface area (Å²) in [6.45, 7) is 7.81. The number of hydrogen-bond acceptors (Lipinski definition) is 5. The molecule has 1 aliphatic rings. The zero-order valence-electron chi connectivity index (χ0n) is 15.0. The van der Waals surface area contributed by atoms with Crippen molar-refractivity contribution >= 4 is 5.97 Å². The van der Waals surface area contributed by atoms with Crippen LogP contribution in [0.25, 0.3) is 0 Å². The number of carbonyl (C=O) groups excluding carboxylic acids is 1. The van der Waals surface area contributed by atoms with E-state index < -0.39 is 5.92 Å². The zero-order valence-corrected chi connectivity index (χ0v) is 15.0. The number of benzene rings is 1. The van der Waals surface area contributed by atoms with Crippen LogP contribution < -0.4 is 19.8 Å². The molecular formula is C20H21NO5. The van der Waals surface area contributed by atoms with Gasteiger partial charge in [0.1, 0.15) is 12.4 Å². The molecule has 1 atom stereocenters. The Morgan fingerprint density at radius 3 is 2.77 bits per heavy atom. The molecule has 0 amide bonds. The van der Waals surface area contributed by atoms with Crippen LogP contribution in [0.5, 0.6) is 17.2 Å². The lowest BCUT2D eigenvalue weighted by Gasteiger charge is -2.24. The number of aromatic nitrogens is 1. The van der Waals surface area contributed by atoms with E-state index in [9.17, 15) is 9.59 Å². The Kier molecular flexibility index (Phi) is 4.84. The van der Waals surface area contributed by atoms with Gasteiger partial charge in [0, 0.05) is 17.7 Å². The number of ether oxygens (including phenoxy) is 3. The minimum absolute atomic E-state index is 0.0915. The van der Waals surface area contributed by atoms with Gasteiger partial charge in [-0.3, -0.25) is 9.59 Å². The molecule has 1 aliphatic heterocycles. The first-order valence-electron chi connectivity index (χ1n) is 8.28. The molecule has 0 bridgehead atoms. The molecule has 3 rings (SSSR count). The largest absolute Gasteiger partial charge is 0.493 e. The van der Waals surface area contributed by atoms with Crippen LogP contribution in [-0.2, 0) is 4.79 Å². The first-order chi connectivity index (χ1) is 12.4. The van der Waals surface area contributed by atoms with E-state index in [1.165, 1.54) is 0 Å². The average Bonchev–Trinajstić information content (AvgIpc) is 2.58. The fourth-order valence-corrected chi connectivity index (χ4v) is 3.02. The Balaban J connectivity index is 2.03. The van der Waals surface area contributed by atoms with Crippen molar-refractivity contribution in [2.24, 2.45) is 0 Å². The molecule has 6 nitrogen and oxygen atoms in total. The maximum Gasteiger partial charge on any atom is 0.312 e. The van der Waals surface area contributed by atoms with E-state index in [2.05, 4.69) is 11.6 Å². The molecule has 0 saturated carbocycles. The highest BCUT2D eigenvalue weighted by Gasteiger charge is 2.32. The summed E-state index contributed by atoms with van der Waals surface area (Å²) in [6.07, 6.45) is 0.0915. The molecule has 0 saturated heterocycles. The predicted molar refractivity (Wildman–Crippen MR) is 97.2 cm³/mol. The summed E-state index contributed by atoms with van der Waals surface area (Å²) in [6, 6.07) is 7.07. The van der Waals surface area contributed by atoms with Crippen molar-refractivity contribution in [3.05, 3.63) is 63.6 Å². The van der Waals surface area contributed by atoms with E-state index in [0.717, 1.165) is 11.1 Å². The molecule has 0 radical (unpaired) electrons. The first kappa shape index (κ1) is 17.8. The van der Waals surface area contributed by atoms with Gasteiger partial charge in [-0.2, -0.15) is 0 Å². The van der Waals surface area contributed by atoms with E-state index in [1.807, 2.05) is 13.0 Å². The fraction of sp³-hybridized carbons (Fsp3) is 0.300. The molecule has 0 fully saturated rings. The van der Waals surface area contributed by atoms with Gasteiger partial charge in [0.2, 0.25) is 0 Å². The Bertz CT molecular complexity index is 928. The Hall–Kier alpha value is -3.02. The second kappa shape index (κ2) is 7.07. The van der Waals surface area contributed by atoms with Crippen molar-refractivity contribution in [1.82, 2.24) is 4.98 Å². The van der Waals surface area contributed by atoms with Crippen LogP contribution in [0.1, 0.15) is 36.1 Å². The van der Waals surface area contributed by atoms with Crippen LogP contribution in [0, 0.1) is 6.92 Å². The Morgan fingerprint density at radius 1 is 1.31 bits per heavy atom. The highest BCUT2D eigenvalue weighted by Crippen LogP contribution is 2.39. The molecule has 26 heavy (non-hydrogen) atoms. The molecule has 1 aromatic carbocycles. The van der Waals surface area contributed by atoms with Crippen LogP contribution in [0.4, 0.5) is 0 Å². The molecule has 136 valence electrons. The minimum atomic E-state index is -0.403. The number of nitrogens with one attached hydrogen (secondary N) is 1. The van der Waals surface area contributed by atoms with Gasteiger partial charge in [0.15, 0.2) is 11.5 Å². The SMILES string of the molecule is C=C(C)COc1ccc(C2CC(=O)Oc3cc(C)[nH]c(=O)c32)cc1OC. The molecule has 1 N–H and O–H groups in total. The van der Waals surface area contributed by atoms with Crippen LogP contribution >= 0.6 is 0 Å². The Morgan fingerprint density at radius 2 is 2.08 bits per heavy atom. The molecule has 6 heteroatoms. The summed E-state index contributed by atoms with van der Waals surface area (Å²) in [7, 11) is 1.55. The average molecular weight is 355 g/mol. The molecule has 0 spiro atoms. The second-order valence-electron chi connectivity index (χ2n) is 6.45. The maximum absolute atomic E-state index is 12.5. The number of hydrogen-bond donors (Lipinski definition) is 1. The van der Waals surface area contributed by atoms with Gasteiger partial charge in [-0.05, 0) is 37.1 Å². The fourth-order valence-electron chi connectivity index (χ4n) is 3.02. The van der Waals surface area contributed by atoms with Crippen molar-refractivity contribution in [1.29, 1.82) is 0 Å². The molecule has 1 unspecified atom stereocenters. The standard InChI is InChI=1S/C20H21NO5/c1-11(2)10-25-15-6-5-13(8-16(15)24-4)14-9-18(22)26-17-7-12(3)21-20(23)19(14)17/h5-8,14H,1,9-10H2,2-4H3,(H,21,23). The molecule has 2 heterocycles. The maximum atomic E-state index is 12.5. The highest BCUT2D eigenvalue weighted by molar-refractivity contribution is 5.77. The van der Waals surface area contributed by atoms with E-state index >= 15 is 0 Å². The number of rotatable bonds is 5. The van der Waals surface area contributed by atoms with Crippen LogP contribution in [0.3, 0.4) is 0 Å². The summed E-state index contributed by atoms with van der Waals surface area (Å²) < 4.78 is 16.4. The van der Waals surface area contributed by atoms with Crippen molar-refractivity contribution in [3.63, 3.8) is 0 Å². The number of aromatic amines is 1. The van der Waals surface area contributed by atoms with E-state index in [-0.39, 0.29) is 17.9 Å². The van der Waals surface area contributed by atoms with Crippen LogP contribution in [0.15, 0.2) is 41.2 Å². The third-order valence-corrected chi connectivity index (χ3v) is 4.18. The number of pyridine rings is 1. The van der Waals surface area contributed by atoms with Gasteiger partial charge in [0.25, 0.3) is 5.56 Å². The van der Waals surface area contributed by atoms with Crippen molar-refractivity contribution in [3.8, 4) is 17.2 Å². The van der Waals surface area contributed by atoms with E-state index in [0.29, 0.717) is 35.1 Å². The number of esters is 1.